The van der Waals surface area contributed by atoms with Gasteiger partial charge in [0, 0.05) is 101 Å². The van der Waals surface area contributed by atoms with E-state index < -0.39 is 0 Å². The third-order valence-electron chi connectivity index (χ3n) is 12.3. The van der Waals surface area contributed by atoms with Gasteiger partial charge in [0.15, 0.2) is 0 Å². The summed E-state index contributed by atoms with van der Waals surface area (Å²) in [6.45, 7) is 12.2. The Morgan fingerprint density at radius 3 is 0.486 bits per heavy atom. The van der Waals surface area contributed by atoms with Crippen LogP contribution < -0.4 is 0 Å². The summed E-state index contributed by atoms with van der Waals surface area (Å²) < 4.78 is 0. The Hall–Kier alpha value is -8.58. The maximum Gasteiger partial charge on any atom is 0.0886 e. The molecule has 0 unspecified atom stereocenters. The first-order valence-corrected chi connectivity index (χ1v) is 24.1. The van der Waals surface area contributed by atoms with Crippen molar-refractivity contribution in [2.24, 2.45) is 0 Å². The fourth-order valence-corrected chi connectivity index (χ4v) is 8.38. The van der Waals surface area contributed by atoms with E-state index in [-0.39, 0.29) is 0 Å². The lowest BCUT2D eigenvalue weighted by atomic mass is 10.1. The number of rotatable bonds is 17. The molecule has 10 heterocycles. The summed E-state index contributed by atoms with van der Waals surface area (Å²) in [5, 5.41) is 0. The van der Waals surface area contributed by atoms with Crippen molar-refractivity contribution >= 4 is 0 Å². The maximum atomic E-state index is 4.93. The summed E-state index contributed by atoms with van der Waals surface area (Å²) in [7, 11) is 0. The molecule has 0 spiro atoms. The van der Waals surface area contributed by atoms with Crippen molar-refractivity contribution in [2.75, 3.05) is 0 Å². The van der Waals surface area contributed by atoms with Crippen LogP contribution >= 0.6 is 0 Å². The second kappa shape index (κ2) is 22.0. The van der Waals surface area contributed by atoms with Gasteiger partial charge >= 0.3 is 0 Å². The topological polar surface area (TPSA) is 135 Å². The molecule has 0 N–H and O–H groups in total. The quantitative estimate of drug-likeness (QED) is 0.0859. The monoisotopic (exact) mass is 942 g/mol. The second-order valence-corrected chi connectivity index (χ2v) is 18.5. The number of aromatic nitrogens is 10. The van der Waals surface area contributed by atoms with Gasteiger partial charge < -0.3 is 0 Å². The molecule has 72 heavy (non-hydrogen) atoms. The molecule has 0 bridgehead atoms. The molecule has 10 aromatic rings. The fourth-order valence-electron chi connectivity index (χ4n) is 8.38. The van der Waals surface area contributed by atoms with Crippen LogP contribution in [0.15, 0.2) is 183 Å². The Bertz CT molecular complexity index is 2900. The van der Waals surface area contributed by atoms with E-state index in [1.54, 1.807) is 0 Å². The largest absolute Gasteiger partial charge is 0.290 e. The van der Waals surface area contributed by atoms with Gasteiger partial charge in [-0.25, -0.2) is 0 Å². The zero-order valence-electron chi connectivity index (χ0n) is 40.9. The molecule has 0 radical (unpaired) electrons. The van der Waals surface area contributed by atoms with Crippen LogP contribution in [-0.2, 0) is 39.3 Å². The third-order valence-corrected chi connectivity index (χ3v) is 12.3. The van der Waals surface area contributed by atoms with Crippen molar-refractivity contribution in [1.29, 1.82) is 0 Å². The van der Waals surface area contributed by atoms with E-state index in [2.05, 4.69) is 103 Å². The number of nitrogens with zero attached hydrogens (tertiary/aromatic N) is 12. The van der Waals surface area contributed by atoms with Crippen molar-refractivity contribution < 1.29 is 0 Å². The van der Waals surface area contributed by atoms with E-state index in [4.69, 9.17) is 29.9 Å². The van der Waals surface area contributed by atoms with Crippen molar-refractivity contribution in [3.05, 3.63) is 239 Å². The Morgan fingerprint density at radius 2 is 0.361 bits per heavy atom. The Balaban J connectivity index is 0.835. The van der Waals surface area contributed by atoms with E-state index in [9.17, 15) is 0 Å². The molecule has 0 fully saturated rings. The highest BCUT2D eigenvalue weighted by atomic mass is 15.1. The van der Waals surface area contributed by atoms with Crippen LogP contribution in [0.5, 0.6) is 0 Å². The van der Waals surface area contributed by atoms with E-state index in [0.29, 0.717) is 39.3 Å². The number of hydrogen-bond acceptors (Lipinski definition) is 12. The van der Waals surface area contributed by atoms with Crippen molar-refractivity contribution in [3.63, 3.8) is 0 Å². The standard InChI is InChI=1S/C60H54N12/c1-41-5-15-51(61-25-41)55-19-9-45(29-65-55)35-71(36-46-10-20-56(66-30-46)52-16-6-42(2)26-62-52)39-49-13-23-59(69-33-49)60-24-14-50(34-70-60)40-72(37-47-11-21-57(67-31-47)53-17-7-43(3)27-63-53)38-48-12-22-58(68-32-48)54-18-8-44(4)28-64-54/h5-34H,35-40H2,1-4H3. The Kier molecular flexibility index (Phi) is 14.4. The number of hydrogen-bond donors (Lipinski definition) is 0. The lowest BCUT2D eigenvalue weighted by molar-refractivity contribution is 0.247. The van der Waals surface area contributed by atoms with E-state index in [1.165, 1.54) is 0 Å². The van der Waals surface area contributed by atoms with Crippen LogP contribution in [0.4, 0.5) is 0 Å². The highest BCUT2D eigenvalue weighted by Gasteiger charge is 2.15. The first-order chi connectivity index (χ1) is 35.2. The number of aryl methyl sites for hydroxylation is 4. The molecule has 10 rings (SSSR count). The normalized spacial score (nSPS) is 11.4. The van der Waals surface area contributed by atoms with Gasteiger partial charge in [-0.1, -0.05) is 60.7 Å². The molecule has 0 saturated heterocycles. The second-order valence-electron chi connectivity index (χ2n) is 18.5. The molecular weight excluding hydrogens is 889 g/mol. The molecule has 12 nitrogen and oxygen atoms in total. The molecule has 0 aliphatic heterocycles. The van der Waals surface area contributed by atoms with Crippen LogP contribution in [0.2, 0.25) is 0 Å². The molecule has 0 aromatic carbocycles. The zero-order valence-corrected chi connectivity index (χ0v) is 40.9. The van der Waals surface area contributed by atoms with Crippen LogP contribution in [0.1, 0.15) is 55.6 Å². The average molecular weight is 943 g/mol. The average Bonchev–Trinajstić information content (AvgIpc) is 3.41. The van der Waals surface area contributed by atoms with E-state index >= 15 is 0 Å². The molecule has 0 amide bonds. The van der Waals surface area contributed by atoms with Crippen LogP contribution in [0.25, 0.3) is 56.9 Å². The molecule has 10 aromatic heterocycles. The molecule has 354 valence electrons. The Labute approximate surface area is 420 Å². The Morgan fingerprint density at radius 1 is 0.208 bits per heavy atom. The first kappa shape index (κ1) is 47.1. The van der Waals surface area contributed by atoms with Crippen molar-refractivity contribution in [2.45, 2.75) is 67.0 Å². The number of pyridine rings is 10. The third kappa shape index (κ3) is 12.2. The lowest BCUT2D eigenvalue weighted by Gasteiger charge is -2.23. The van der Waals surface area contributed by atoms with Gasteiger partial charge in [-0.15, -0.1) is 0 Å². The van der Waals surface area contributed by atoms with Crippen LogP contribution in [0.3, 0.4) is 0 Å². The van der Waals surface area contributed by atoms with Gasteiger partial charge in [0.2, 0.25) is 0 Å². The molecule has 0 atom stereocenters. The minimum absolute atomic E-state index is 0.667. The fraction of sp³-hybridized carbons (Fsp3) is 0.167. The molecule has 12 heteroatoms. The SMILES string of the molecule is Cc1ccc(-c2ccc(CN(Cc3ccc(-c4ccc(C)cn4)nc3)Cc3ccc(-c4ccc(CN(Cc5ccc(-c6ccc(C)cn6)nc5)Cc5ccc(-c6ccc(C)cn6)nc5)cn4)nc3)cn2)nc1. The summed E-state index contributed by atoms with van der Waals surface area (Å²) >= 11 is 0. The van der Waals surface area contributed by atoms with E-state index in [0.717, 1.165) is 113 Å². The van der Waals surface area contributed by atoms with Gasteiger partial charge in [-0.05, 0) is 144 Å². The highest BCUT2D eigenvalue weighted by Crippen LogP contribution is 2.24. The molecule has 0 aliphatic carbocycles. The van der Waals surface area contributed by atoms with Gasteiger partial charge in [-0.2, -0.15) is 0 Å². The van der Waals surface area contributed by atoms with E-state index in [1.807, 2.05) is 138 Å². The predicted molar refractivity (Wildman–Crippen MR) is 282 cm³/mol. The molecular formula is C60H54N12. The highest BCUT2D eigenvalue weighted by molar-refractivity contribution is 5.57. The summed E-state index contributed by atoms with van der Waals surface area (Å²) in [6.07, 6.45) is 19.2. The summed E-state index contributed by atoms with van der Waals surface area (Å²) in [4.78, 5) is 52.1. The zero-order chi connectivity index (χ0) is 49.2. The van der Waals surface area contributed by atoms with Gasteiger partial charge in [0.1, 0.15) is 0 Å². The van der Waals surface area contributed by atoms with Gasteiger partial charge in [-0.3, -0.25) is 59.6 Å². The van der Waals surface area contributed by atoms with Gasteiger partial charge in [0.05, 0.1) is 56.9 Å². The lowest BCUT2D eigenvalue weighted by Crippen LogP contribution is -2.23. The summed E-state index contributed by atoms with van der Waals surface area (Å²) in [6, 6.07) is 41.4. The molecule has 0 saturated carbocycles. The molecule has 0 aliphatic rings. The first-order valence-electron chi connectivity index (χ1n) is 24.1. The van der Waals surface area contributed by atoms with Crippen molar-refractivity contribution in [3.8, 4) is 56.9 Å². The smallest absolute Gasteiger partial charge is 0.0886 e. The predicted octanol–water partition coefficient (Wildman–Crippen LogP) is 11.6. The summed E-state index contributed by atoms with van der Waals surface area (Å²) in [5.41, 5.74) is 19.5. The maximum absolute atomic E-state index is 4.93. The minimum Gasteiger partial charge on any atom is -0.290 e. The van der Waals surface area contributed by atoms with Crippen molar-refractivity contribution in [1.82, 2.24) is 59.6 Å². The minimum atomic E-state index is 0.667. The van der Waals surface area contributed by atoms with Crippen LogP contribution in [-0.4, -0.2) is 59.6 Å². The van der Waals surface area contributed by atoms with Gasteiger partial charge in [0.25, 0.3) is 0 Å². The summed E-state index contributed by atoms with van der Waals surface area (Å²) in [5.74, 6) is 0. The van der Waals surface area contributed by atoms with Crippen LogP contribution in [0, 0.1) is 27.7 Å².